The molecule has 5 nitrogen and oxygen atoms in total. The average molecular weight is 331 g/mol. The van der Waals surface area contributed by atoms with Gasteiger partial charge in [-0.05, 0) is 48.4 Å². The Kier molecular flexibility index (Phi) is 4.81. The molecular weight excluding hydrogens is 314 g/mol. The van der Waals surface area contributed by atoms with Crippen molar-refractivity contribution in [3.63, 3.8) is 0 Å². The maximum absolute atomic E-state index is 12.2. The largest absolute Gasteiger partial charge is 0.426 e. The van der Waals surface area contributed by atoms with Gasteiger partial charge in [0.25, 0.3) is 11.1 Å². The summed E-state index contributed by atoms with van der Waals surface area (Å²) in [7, 11) is 0. The van der Waals surface area contributed by atoms with Gasteiger partial charge in [-0.2, -0.15) is 0 Å². The number of nitrogens with one attached hydrogen (secondary N) is 1. The summed E-state index contributed by atoms with van der Waals surface area (Å²) in [6, 6.07) is 6.97. The van der Waals surface area contributed by atoms with Crippen LogP contribution >= 0.6 is 11.8 Å². The predicted molar refractivity (Wildman–Crippen MR) is 87.8 cm³/mol. The molecule has 2 aliphatic rings. The molecule has 2 amide bonds. The average Bonchev–Trinajstić information content (AvgIpc) is 2.86. The lowest BCUT2D eigenvalue weighted by molar-refractivity contribution is -0.140. The number of hydrogen-bond donors (Lipinski definition) is 1. The second kappa shape index (κ2) is 7.00. The number of esters is 1. The Morgan fingerprint density at radius 2 is 2.00 bits per heavy atom. The monoisotopic (exact) mass is 331 g/mol. The second-order valence-corrected chi connectivity index (χ2v) is 6.70. The van der Waals surface area contributed by atoms with E-state index in [0.717, 1.165) is 37.4 Å². The van der Waals surface area contributed by atoms with Gasteiger partial charge in [0.05, 0.1) is 10.8 Å². The lowest BCUT2D eigenvalue weighted by Gasteiger charge is -2.19. The lowest BCUT2D eigenvalue weighted by atomic mass is 9.89. The van der Waals surface area contributed by atoms with Gasteiger partial charge in [-0.15, -0.1) is 0 Å². The summed E-state index contributed by atoms with van der Waals surface area (Å²) in [5.41, 5.74) is 0.714. The molecule has 3 rings (SSSR count). The number of carbonyl (C=O) groups excluding carboxylic acids is 3. The van der Waals surface area contributed by atoms with E-state index in [9.17, 15) is 14.4 Å². The highest BCUT2D eigenvalue weighted by Gasteiger charge is 2.25. The van der Waals surface area contributed by atoms with E-state index < -0.39 is 5.91 Å². The maximum atomic E-state index is 12.2. The molecule has 1 heterocycles. The molecule has 1 aromatic rings. The van der Waals surface area contributed by atoms with Crippen molar-refractivity contribution in [2.45, 2.75) is 32.1 Å². The van der Waals surface area contributed by atoms with Crippen LogP contribution in [0.3, 0.4) is 0 Å². The fraction of sp³-hybridized carbons (Fsp3) is 0.353. The molecule has 120 valence electrons. The van der Waals surface area contributed by atoms with Crippen molar-refractivity contribution in [1.82, 2.24) is 5.32 Å². The minimum atomic E-state index is -0.399. The zero-order valence-corrected chi connectivity index (χ0v) is 13.4. The van der Waals surface area contributed by atoms with Crippen molar-refractivity contribution in [3.05, 3.63) is 34.7 Å². The third-order valence-corrected chi connectivity index (χ3v) is 4.77. The Balaban J connectivity index is 1.70. The molecule has 0 spiro atoms. The zero-order chi connectivity index (χ0) is 16.2. The SMILES string of the molecule is O=C1NC(=O)/C(=C/c2cccc(OC(=O)C3CCCCC3)c2)S1. The fourth-order valence-electron chi connectivity index (χ4n) is 2.78. The molecule has 0 aromatic heterocycles. The van der Waals surface area contributed by atoms with Gasteiger partial charge in [0.2, 0.25) is 0 Å². The molecule has 1 N–H and O–H groups in total. The molecule has 1 saturated carbocycles. The number of thioether (sulfide) groups is 1. The standard InChI is InChI=1S/C17H17NO4S/c19-15-14(23-17(21)18-15)10-11-5-4-8-13(9-11)22-16(20)12-6-2-1-3-7-12/h4-5,8-10,12H,1-3,6-7H2,(H,18,19,21)/b14-10-. The van der Waals surface area contributed by atoms with Crippen LogP contribution in [0, 0.1) is 5.92 Å². The molecule has 0 radical (unpaired) electrons. The first-order valence-corrected chi connectivity index (χ1v) is 8.50. The third-order valence-electron chi connectivity index (χ3n) is 3.95. The van der Waals surface area contributed by atoms with E-state index in [-0.39, 0.29) is 17.1 Å². The molecule has 1 aliphatic heterocycles. The summed E-state index contributed by atoms with van der Waals surface area (Å²) in [5, 5.41) is 1.83. The van der Waals surface area contributed by atoms with Crippen molar-refractivity contribution in [1.29, 1.82) is 0 Å². The zero-order valence-electron chi connectivity index (χ0n) is 12.5. The topological polar surface area (TPSA) is 72.5 Å². The van der Waals surface area contributed by atoms with Crippen molar-refractivity contribution in [3.8, 4) is 5.75 Å². The quantitative estimate of drug-likeness (QED) is 0.521. The highest BCUT2D eigenvalue weighted by molar-refractivity contribution is 8.18. The number of imide groups is 1. The van der Waals surface area contributed by atoms with Crippen LogP contribution in [0.15, 0.2) is 29.2 Å². The van der Waals surface area contributed by atoms with Gasteiger partial charge < -0.3 is 4.74 Å². The van der Waals surface area contributed by atoms with E-state index in [1.807, 2.05) is 0 Å². The molecule has 1 saturated heterocycles. The number of hydrogen-bond acceptors (Lipinski definition) is 5. The van der Waals surface area contributed by atoms with Gasteiger partial charge in [0, 0.05) is 0 Å². The van der Waals surface area contributed by atoms with Crippen LogP contribution in [0.1, 0.15) is 37.7 Å². The number of benzene rings is 1. The van der Waals surface area contributed by atoms with Gasteiger partial charge in [-0.1, -0.05) is 31.4 Å². The van der Waals surface area contributed by atoms with E-state index in [1.54, 1.807) is 30.3 Å². The molecule has 23 heavy (non-hydrogen) atoms. The van der Waals surface area contributed by atoms with Crippen LogP contribution in [0.2, 0.25) is 0 Å². The number of amides is 2. The summed E-state index contributed by atoms with van der Waals surface area (Å²) in [6.07, 6.45) is 6.73. The van der Waals surface area contributed by atoms with Crippen LogP contribution in [0.4, 0.5) is 4.79 Å². The molecule has 6 heteroatoms. The third kappa shape index (κ3) is 4.01. The Morgan fingerprint density at radius 1 is 1.22 bits per heavy atom. The van der Waals surface area contributed by atoms with E-state index >= 15 is 0 Å². The molecule has 2 fully saturated rings. The summed E-state index contributed by atoms with van der Waals surface area (Å²) < 4.78 is 5.46. The van der Waals surface area contributed by atoms with Gasteiger partial charge in [0.1, 0.15) is 5.75 Å². The van der Waals surface area contributed by atoms with Crippen molar-refractivity contribution >= 4 is 35.0 Å². The predicted octanol–water partition coefficient (Wildman–Crippen LogP) is 3.50. The van der Waals surface area contributed by atoms with E-state index in [0.29, 0.717) is 16.2 Å². The van der Waals surface area contributed by atoms with Gasteiger partial charge in [-0.25, -0.2) is 0 Å². The number of carbonyl (C=O) groups is 3. The number of ether oxygens (including phenoxy) is 1. The van der Waals surface area contributed by atoms with Gasteiger partial charge in [-0.3, -0.25) is 19.7 Å². The Bertz CT molecular complexity index is 677. The summed E-state index contributed by atoms with van der Waals surface area (Å²) in [4.78, 5) is 35.2. The molecular formula is C17H17NO4S. The van der Waals surface area contributed by atoms with E-state index in [2.05, 4.69) is 5.32 Å². The van der Waals surface area contributed by atoms with Crippen molar-refractivity contribution in [2.75, 3.05) is 0 Å². The van der Waals surface area contributed by atoms with Crippen LogP contribution < -0.4 is 10.1 Å². The fourth-order valence-corrected chi connectivity index (χ4v) is 3.46. The molecule has 0 bridgehead atoms. The second-order valence-electron chi connectivity index (χ2n) is 5.68. The summed E-state index contributed by atoms with van der Waals surface area (Å²) in [6.45, 7) is 0. The first-order chi connectivity index (χ1) is 11.1. The van der Waals surface area contributed by atoms with Crippen LogP contribution in [-0.4, -0.2) is 17.1 Å². The van der Waals surface area contributed by atoms with E-state index in [4.69, 9.17) is 4.74 Å². The first-order valence-electron chi connectivity index (χ1n) is 7.68. The van der Waals surface area contributed by atoms with Crippen LogP contribution in [-0.2, 0) is 9.59 Å². The van der Waals surface area contributed by atoms with E-state index in [1.165, 1.54) is 6.42 Å². The Labute approximate surface area is 138 Å². The molecule has 0 atom stereocenters. The smallest absolute Gasteiger partial charge is 0.314 e. The lowest BCUT2D eigenvalue weighted by Crippen LogP contribution is -2.22. The van der Waals surface area contributed by atoms with Crippen LogP contribution in [0.25, 0.3) is 6.08 Å². The maximum Gasteiger partial charge on any atom is 0.314 e. The van der Waals surface area contributed by atoms with Gasteiger partial charge in [0.15, 0.2) is 0 Å². The normalized spacial score (nSPS) is 20.6. The molecule has 1 aliphatic carbocycles. The Hall–Kier alpha value is -2.08. The minimum Gasteiger partial charge on any atom is -0.426 e. The van der Waals surface area contributed by atoms with Crippen molar-refractivity contribution < 1.29 is 19.1 Å². The summed E-state index contributed by atoms with van der Waals surface area (Å²) in [5.74, 6) is -0.133. The Morgan fingerprint density at radius 3 is 2.70 bits per heavy atom. The first kappa shape index (κ1) is 15.8. The molecule has 0 unspecified atom stereocenters. The molecule has 1 aromatic carbocycles. The summed E-state index contributed by atoms with van der Waals surface area (Å²) >= 11 is 0.865. The highest BCUT2D eigenvalue weighted by Crippen LogP contribution is 2.28. The van der Waals surface area contributed by atoms with Crippen LogP contribution in [0.5, 0.6) is 5.75 Å². The van der Waals surface area contributed by atoms with Crippen molar-refractivity contribution in [2.24, 2.45) is 5.92 Å². The van der Waals surface area contributed by atoms with Gasteiger partial charge >= 0.3 is 5.97 Å². The minimum absolute atomic E-state index is 0.0143. The highest BCUT2D eigenvalue weighted by atomic mass is 32.2. The number of rotatable bonds is 3.